The van der Waals surface area contributed by atoms with Crippen molar-refractivity contribution in [3.05, 3.63) is 214 Å². The number of hydrogen-bond donors (Lipinski definition) is 5. The first-order chi connectivity index (χ1) is 28.3. The Morgan fingerprint density at radius 2 is 0.814 bits per heavy atom. The number of hydrogen-bond acceptors (Lipinski definition) is 10. The van der Waals surface area contributed by atoms with Gasteiger partial charge >= 0.3 is 0 Å². The normalized spacial score (nSPS) is 13.8. The van der Waals surface area contributed by atoms with E-state index < -0.39 is 47.4 Å². The molecule has 3 unspecified atom stereocenters. The molecule has 0 bridgehead atoms. The summed E-state index contributed by atoms with van der Waals surface area (Å²) in [7, 11) is 0. The maximum absolute atomic E-state index is 12.7. The predicted molar refractivity (Wildman–Crippen MR) is 225 cm³/mol. The maximum Gasteiger partial charge on any atom is 0.201 e. The summed E-state index contributed by atoms with van der Waals surface area (Å²) in [5, 5.41) is 51.2. The second kappa shape index (κ2) is 21.9. The van der Waals surface area contributed by atoms with E-state index in [0.29, 0.717) is 45.0 Å². The molecule has 0 aliphatic carbocycles. The van der Waals surface area contributed by atoms with E-state index in [-0.39, 0.29) is 6.61 Å². The number of carbonyl (C=O) groups excluding carboxylic acids is 3. The average Bonchev–Trinajstić information content (AvgIpc) is 3.29. The molecule has 0 heterocycles. The van der Waals surface area contributed by atoms with Gasteiger partial charge in [-0.2, -0.15) is 0 Å². The van der Waals surface area contributed by atoms with Gasteiger partial charge in [0.15, 0.2) is 16.8 Å². The van der Waals surface area contributed by atoms with Gasteiger partial charge in [0.05, 0.1) is 19.8 Å². The lowest BCUT2D eigenvalue weighted by Crippen LogP contribution is -2.40. The minimum Gasteiger partial charge on any atom is -0.393 e. The Kier molecular flexibility index (Phi) is 17.1. The Bertz CT molecular complexity index is 2200. The van der Waals surface area contributed by atoms with Crippen LogP contribution in [0.15, 0.2) is 170 Å². The van der Waals surface area contributed by atoms with E-state index in [1.54, 1.807) is 153 Å². The SMILES string of the molecule is CCOOCC(O)(C(=O)c1ccccc1)c1ccccc1.Cc1ccc(C(O)(CO)C(=O)c2ccc(Cl)cc2)cc1.O=C(c1ccccc1)C(O)(CO)c1ccccc1. The van der Waals surface area contributed by atoms with E-state index in [2.05, 4.69) is 0 Å². The van der Waals surface area contributed by atoms with E-state index in [1.807, 2.05) is 19.1 Å². The third-order valence-corrected chi connectivity index (χ3v) is 9.52. The molecule has 10 nitrogen and oxygen atoms in total. The highest BCUT2D eigenvalue weighted by Crippen LogP contribution is 2.29. The van der Waals surface area contributed by atoms with Crippen LogP contribution in [0, 0.1) is 6.92 Å². The molecule has 0 fully saturated rings. The summed E-state index contributed by atoms with van der Waals surface area (Å²) in [5.41, 5.74) is -2.28. The van der Waals surface area contributed by atoms with Gasteiger partial charge in [-0.05, 0) is 54.8 Å². The van der Waals surface area contributed by atoms with Crippen molar-refractivity contribution < 1.29 is 49.7 Å². The van der Waals surface area contributed by atoms with Gasteiger partial charge in [-0.15, -0.1) is 0 Å². The van der Waals surface area contributed by atoms with E-state index in [1.165, 1.54) is 12.1 Å². The highest BCUT2D eigenvalue weighted by atomic mass is 35.5. The largest absolute Gasteiger partial charge is 0.393 e. The fourth-order valence-electron chi connectivity index (χ4n) is 5.83. The van der Waals surface area contributed by atoms with Crippen molar-refractivity contribution in [1.82, 2.24) is 0 Å². The number of carbonyl (C=O) groups is 3. The number of rotatable bonds is 15. The summed E-state index contributed by atoms with van der Waals surface area (Å²) in [6.07, 6.45) is 0. The molecule has 0 aromatic heterocycles. The van der Waals surface area contributed by atoms with Gasteiger partial charge in [0, 0.05) is 21.7 Å². The monoisotopic (exact) mass is 818 g/mol. The Morgan fingerprint density at radius 3 is 1.20 bits per heavy atom. The maximum atomic E-state index is 12.7. The second-order valence-electron chi connectivity index (χ2n) is 13.4. The van der Waals surface area contributed by atoms with Crippen LogP contribution >= 0.6 is 11.6 Å². The number of ketones is 3. The molecule has 306 valence electrons. The molecule has 0 amide bonds. The molecule has 0 aliphatic rings. The van der Waals surface area contributed by atoms with E-state index in [9.17, 15) is 39.9 Å². The minimum absolute atomic E-state index is 0.265. The summed E-state index contributed by atoms with van der Waals surface area (Å²) in [5.74, 6) is -1.48. The quantitative estimate of drug-likeness (QED) is 0.0310. The predicted octanol–water partition coefficient (Wildman–Crippen LogP) is 7.19. The van der Waals surface area contributed by atoms with Crippen LogP contribution in [0.2, 0.25) is 5.02 Å². The molecule has 6 rings (SSSR count). The topological polar surface area (TPSA) is 171 Å². The molecular formula is C48H47ClO10. The molecule has 0 saturated carbocycles. The van der Waals surface area contributed by atoms with Crippen LogP contribution in [-0.4, -0.2) is 69.3 Å². The first kappa shape index (κ1) is 46.0. The third-order valence-electron chi connectivity index (χ3n) is 9.26. The van der Waals surface area contributed by atoms with Gasteiger partial charge in [-0.25, -0.2) is 9.78 Å². The van der Waals surface area contributed by atoms with E-state index in [4.69, 9.17) is 21.4 Å². The van der Waals surface area contributed by atoms with Crippen LogP contribution in [0.3, 0.4) is 0 Å². The standard InChI is InChI=1S/C17H18O4.C16H15ClO3.C15H14O3/c1-2-20-21-13-17(19,15-11-7-4-8-12-15)16(18)14-9-5-3-6-10-14;1-11-2-6-13(7-3-11)16(20,10-18)15(19)12-4-8-14(17)9-5-12;16-11-15(18,13-9-5-2-6-10-13)14(17)12-7-3-1-4-8-12/h3-12,19H,2,13H2,1H3;2-9,18,20H,10H2,1H3;1-10,16,18H,11H2. The molecule has 0 radical (unpaired) electrons. The first-order valence-electron chi connectivity index (χ1n) is 18.7. The Balaban J connectivity index is 0.000000196. The molecule has 3 atom stereocenters. The molecular weight excluding hydrogens is 772 g/mol. The summed E-state index contributed by atoms with van der Waals surface area (Å²) in [6, 6.07) is 47.3. The van der Waals surface area contributed by atoms with Crippen LogP contribution in [0.1, 0.15) is 60.3 Å². The lowest BCUT2D eigenvalue weighted by atomic mass is 9.86. The second-order valence-corrected chi connectivity index (χ2v) is 13.8. The molecule has 0 aliphatic heterocycles. The Labute approximate surface area is 348 Å². The highest BCUT2D eigenvalue weighted by Gasteiger charge is 2.40. The molecule has 6 aromatic rings. The van der Waals surface area contributed by atoms with Gasteiger partial charge in [-0.3, -0.25) is 14.4 Å². The number of Topliss-reactive ketones (excluding diaryl/α,β-unsaturated/α-hetero) is 3. The van der Waals surface area contributed by atoms with Crippen molar-refractivity contribution in [2.45, 2.75) is 30.7 Å². The average molecular weight is 819 g/mol. The number of benzene rings is 6. The van der Waals surface area contributed by atoms with Crippen molar-refractivity contribution in [3.8, 4) is 0 Å². The van der Waals surface area contributed by atoms with Crippen LogP contribution < -0.4 is 0 Å². The van der Waals surface area contributed by atoms with Gasteiger partial charge in [0.2, 0.25) is 17.3 Å². The lowest BCUT2D eigenvalue weighted by molar-refractivity contribution is -0.309. The van der Waals surface area contributed by atoms with Crippen LogP contribution in [0.4, 0.5) is 0 Å². The fraction of sp³-hybridized carbons (Fsp3) is 0.188. The van der Waals surface area contributed by atoms with Gasteiger partial charge in [0.25, 0.3) is 0 Å². The van der Waals surface area contributed by atoms with Crippen molar-refractivity contribution in [1.29, 1.82) is 0 Å². The third kappa shape index (κ3) is 11.7. The van der Waals surface area contributed by atoms with Crippen LogP contribution in [0.5, 0.6) is 0 Å². The molecule has 0 spiro atoms. The van der Waals surface area contributed by atoms with Gasteiger partial charge in [0.1, 0.15) is 6.61 Å². The van der Waals surface area contributed by atoms with Crippen LogP contribution in [0.25, 0.3) is 0 Å². The molecule has 6 aromatic carbocycles. The van der Waals surface area contributed by atoms with Gasteiger partial charge < -0.3 is 25.5 Å². The molecule has 0 saturated heterocycles. The van der Waals surface area contributed by atoms with Crippen LogP contribution in [-0.2, 0) is 26.6 Å². The highest BCUT2D eigenvalue weighted by molar-refractivity contribution is 6.30. The lowest BCUT2D eigenvalue weighted by Gasteiger charge is -2.26. The van der Waals surface area contributed by atoms with Gasteiger partial charge in [-0.1, -0.05) is 163 Å². The summed E-state index contributed by atoms with van der Waals surface area (Å²) >= 11 is 5.78. The zero-order chi connectivity index (χ0) is 42.9. The van der Waals surface area contributed by atoms with Crippen molar-refractivity contribution in [3.63, 3.8) is 0 Å². The summed E-state index contributed by atoms with van der Waals surface area (Å²) in [6.45, 7) is 2.41. The summed E-state index contributed by atoms with van der Waals surface area (Å²) in [4.78, 5) is 47.2. The van der Waals surface area contributed by atoms with E-state index in [0.717, 1.165) is 5.56 Å². The zero-order valence-corrected chi connectivity index (χ0v) is 33.4. The summed E-state index contributed by atoms with van der Waals surface area (Å²) < 4.78 is 0. The Hall–Kier alpha value is -5.66. The molecule has 5 N–H and O–H groups in total. The smallest absolute Gasteiger partial charge is 0.201 e. The molecule has 11 heteroatoms. The van der Waals surface area contributed by atoms with Crippen molar-refractivity contribution in [2.75, 3.05) is 26.4 Å². The zero-order valence-electron chi connectivity index (χ0n) is 32.6. The number of halogens is 1. The van der Waals surface area contributed by atoms with E-state index >= 15 is 0 Å². The Morgan fingerprint density at radius 1 is 0.475 bits per heavy atom. The van der Waals surface area contributed by atoms with Crippen molar-refractivity contribution >= 4 is 29.0 Å². The molecule has 59 heavy (non-hydrogen) atoms. The first-order valence-corrected chi connectivity index (χ1v) is 19.0. The minimum atomic E-state index is -1.94. The van der Waals surface area contributed by atoms with Crippen molar-refractivity contribution in [2.24, 2.45) is 0 Å². The number of aliphatic hydroxyl groups excluding tert-OH is 2. The number of aryl methyl sites for hydroxylation is 1. The number of aliphatic hydroxyl groups is 5. The fourth-order valence-corrected chi connectivity index (χ4v) is 5.96.